The van der Waals surface area contributed by atoms with Crippen molar-refractivity contribution in [3.05, 3.63) is 17.7 Å². The third-order valence-electron chi connectivity index (χ3n) is 4.13. The van der Waals surface area contributed by atoms with Crippen LogP contribution in [0.3, 0.4) is 0 Å². The van der Waals surface area contributed by atoms with Crippen LogP contribution < -0.4 is 9.62 Å². The first-order valence-corrected chi connectivity index (χ1v) is 9.58. The smallest absolute Gasteiger partial charge is 0.366 e. The number of benzene rings is 1. The zero-order chi connectivity index (χ0) is 19.0. The van der Waals surface area contributed by atoms with Crippen molar-refractivity contribution in [3.63, 3.8) is 0 Å². The van der Waals surface area contributed by atoms with Gasteiger partial charge in [-0.2, -0.15) is 13.2 Å². The molecule has 1 aromatic carbocycles. The molecule has 0 amide bonds. The number of rotatable bonds is 5. The zero-order valence-corrected chi connectivity index (χ0v) is 15.2. The third kappa shape index (κ3) is 4.65. The summed E-state index contributed by atoms with van der Waals surface area (Å²) < 4.78 is 63.1. The van der Waals surface area contributed by atoms with E-state index in [2.05, 4.69) is 23.5 Å². The lowest BCUT2D eigenvalue weighted by Gasteiger charge is -2.40. The van der Waals surface area contributed by atoms with Gasteiger partial charge in [-0.1, -0.05) is 0 Å². The van der Waals surface area contributed by atoms with Gasteiger partial charge in [-0.15, -0.1) is 0 Å². The van der Waals surface area contributed by atoms with Crippen molar-refractivity contribution in [3.8, 4) is 0 Å². The fourth-order valence-corrected chi connectivity index (χ4v) is 4.22. The van der Waals surface area contributed by atoms with E-state index in [0.29, 0.717) is 0 Å². The monoisotopic (exact) mass is 377 g/mol. The van der Waals surface area contributed by atoms with Crippen LogP contribution in [0.2, 0.25) is 0 Å². The van der Waals surface area contributed by atoms with E-state index < -0.39 is 22.0 Å². The molecule has 0 fully saturated rings. The molecule has 0 aromatic heterocycles. The van der Waals surface area contributed by atoms with E-state index in [0.717, 1.165) is 24.1 Å². The Bertz CT molecular complexity index is 761. The highest BCUT2D eigenvalue weighted by Gasteiger charge is 2.36. The molecule has 5 nitrogen and oxygen atoms in total. The number of halogens is 3. The highest BCUT2D eigenvalue weighted by atomic mass is 32.2. The number of fused-ring (bicyclic) bond motifs is 1. The second-order valence-electron chi connectivity index (χ2n) is 6.52. The maximum Gasteiger partial charge on any atom is 0.404 e. The maximum absolute atomic E-state index is 12.5. The summed E-state index contributed by atoms with van der Waals surface area (Å²) in [5, 5.41) is 0. The zero-order valence-electron chi connectivity index (χ0n) is 14.4. The third-order valence-corrected chi connectivity index (χ3v) is 5.37. The van der Waals surface area contributed by atoms with Crippen LogP contribution in [0.25, 0.3) is 0 Å². The van der Waals surface area contributed by atoms with Gasteiger partial charge in [-0.25, -0.2) is 8.42 Å². The summed E-state index contributed by atoms with van der Waals surface area (Å²) in [6.07, 6.45) is -3.10. The molecule has 1 heterocycles. The standard InChI is InChI=1S/C16H22F3N3O2S/c1-10(2)22-11(3)5-6-12-7-13(20-4)14(8-15(12)22)21-25(23,24)9-16(17,18)19/h7-8,10-11,21H,4-6,9H2,1-3H3. The topological polar surface area (TPSA) is 61.8 Å². The molecule has 1 aromatic rings. The first-order chi connectivity index (χ1) is 11.4. The Hall–Kier alpha value is -1.77. The first-order valence-electron chi connectivity index (χ1n) is 7.93. The molecule has 25 heavy (non-hydrogen) atoms. The van der Waals surface area contributed by atoms with E-state index in [1.165, 1.54) is 0 Å². The number of anilines is 2. The molecular weight excluding hydrogens is 355 g/mol. The average Bonchev–Trinajstić information content (AvgIpc) is 2.42. The fourth-order valence-electron chi connectivity index (χ4n) is 3.22. The van der Waals surface area contributed by atoms with E-state index >= 15 is 0 Å². The molecule has 0 spiro atoms. The van der Waals surface area contributed by atoms with Crippen LogP contribution in [0.15, 0.2) is 17.1 Å². The number of hydrogen-bond donors (Lipinski definition) is 1. The predicted octanol–water partition coefficient (Wildman–Crippen LogP) is 3.87. The van der Waals surface area contributed by atoms with Gasteiger partial charge in [0.05, 0.1) is 11.4 Å². The highest BCUT2D eigenvalue weighted by Crippen LogP contribution is 2.40. The molecule has 0 bridgehead atoms. The van der Waals surface area contributed by atoms with Crippen LogP contribution >= 0.6 is 0 Å². The molecule has 1 unspecified atom stereocenters. The lowest BCUT2D eigenvalue weighted by molar-refractivity contribution is -0.106. The molecule has 1 atom stereocenters. The lowest BCUT2D eigenvalue weighted by Crippen LogP contribution is -2.42. The Balaban J connectivity index is 2.47. The van der Waals surface area contributed by atoms with Gasteiger partial charge in [0.2, 0.25) is 10.0 Å². The van der Waals surface area contributed by atoms with Crippen molar-refractivity contribution in [1.82, 2.24) is 0 Å². The molecule has 0 saturated heterocycles. The summed E-state index contributed by atoms with van der Waals surface area (Å²) in [5.41, 5.74) is 2.03. The van der Waals surface area contributed by atoms with Gasteiger partial charge in [0.1, 0.15) is 0 Å². The Kier molecular flexibility index (Phi) is 5.36. The van der Waals surface area contributed by atoms with Crippen molar-refractivity contribution in [2.24, 2.45) is 4.99 Å². The SMILES string of the molecule is C=Nc1cc2c(cc1NS(=O)(=O)CC(F)(F)F)N(C(C)C)C(C)CC2. The Morgan fingerprint density at radius 2 is 2.04 bits per heavy atom. The largest absolute Gasteiger partial charge is 0.404 e. The highest BCUT2D eigenvalue weighted by molar-refractivity contribution is 7.92. The van der Waals surface area contributed by atoms with Crippen LogP contribution in [-0.2, 0) is 16.4 Å². The predicted molar refractivity (Wildman–Crippen MR) is 94.5 cm³/mol. The van der Waals surface area contributed by atoms with Crippen LogP contribution in [0, 0.1) is 0 Å². The summed E-state index contributed by atoms with van der Waals surface area (Å²) in [7, 11) is -4.58. The number of nitrogens with zero attached hydrogens (tertiary/aromatic N) is 2. The van der Waals surface area contributed by atoms with Gasteiger partial charge in [-0.3, -0.25) is 9.71 Å². The fraction of sp³-hybridized carbons (Fsp3) is 0.562. The normalized spacial score (nSPS) is 18.2. The molecule has 0 aliphatic carbocycles. The number of hydrogen-bond acceptors (Lipinski definition) is 4. The minimum Gasteiger partial charge on any atom is -0.366 e. The van der Waals surface area contributed by atoms with Crippen molar-refractivity contribution in [2.75, 3.05) is 15.4 Å². The summed E-state index contributed by atoms with van der Waals surface area (Å²) in [4.78, 5) is 5.90. The van der Waals surface area contributed by atoms with Crippen molar-refractivity contribution >= 4 is 33.8 Å². The molecule has 9 heteroatoms. The molecule has 1 N–H and O–H groups in total. The molecule has 140 valence electrons. The van der Waals surface area contributed by atoms with E-state index in [1.807, 2.05) is 18.6 Å². The maximum atomic E-state index is 12.5. The van der Waals surface area contributed by atoms with Crippen molar-refractivity contribution in [1.29, 1.82) is 0 Å². The van der Waals surface area contributed by atoms with Gasteiger partial charge in [0.25, 0.3) is 0 Å². The number of sulfonamides is 1. The second kappa shape index (κ2) is 6.86. The van der Waals surface area contributed by atoms with Crippen molar-refractivity contribution < 1.29 is 21.6 Å². The van der Waals surface area contributed by atoms with E-state index in [4.69, 9.17) is 0 Å². The van der Waals surface area contributed by atoms with Gasteiger partial charge in [-0.05, 0) is 58.0 Å². The number of nitrogens with one attached hydrogen (secondary N) is 1. The van der Waals surface area contributed by atoms with Crippen LogP contribution in [-0.4, -0.2) is 39.1 Å². The molecular formula is C16H22F3N3O2S. The van der Waals surface area contributed by atoms with Gasteiger partial charge < -0.3 is 4.90 Å². The van der Waals surface area contributed by atoms with Crippen molar-refractivity contribution in [2.45, 2.75) is 51.9 Å². The van der Waals surface area contributed by atoms with Gasteiger partial charge in [0, 0.05) is 17.8 Å². The van der Waals surface area contributed by atoms with Gasteiger partial charge in [0.15, 0.2) is 5.75 Å². The summed E-state index contributed by atoms with van der Waals surface area (Å²) in [5.74, 6) is -1.95. The van der Waals surface area contributed by atoms with Crippen LogP contribution in [0.4, 0.5) is 30.2 Å². The summed E-state index contributed by atoms with van der Waals surface area (Å²) >= 11 is 0. The molecule has 0 saturated carbocycles. The number of alkyl halides is 3. The summed E-state index contributed by atoms with van der Waals surface area (Å²) in [6, 6.07) is 3.66. The first kappa shape index (κ1) is 19.6. The van der Waals surface area contributed by atoms with Gasteiger partial charge >= 0.3 is 6.18 Å². The summed E-state index contributed by atoms with van der Waals surface area (Å²) in [6.45, 7) is 9.48. The van der Waals surface area contributed by atoms with Crippen LogP contribution in [0.5, 0.6) is 0 Å². The minimum absolute atomic E-state index is 0.0118. The molecule has 1 aliphatic rings. The minimum atomic E-state index is -4.82. The Morgan fingerprint density at radius 3 is 2.56 bits per heavy atom. The lowest BCUT2D eigenvalue weighted by atomic mass is 9.94. The van der Waals surface area contributed by atoms with E-state index in [9.17, 15) is 21.6 Å². The molecule has 2 rings (SSSR count). The van der Waals surface area contributed by atoms with Crippen LogP contribution in [0.1, 0.15) is 32.8 Å². The number of aliphatic imine (C=N–C) groups is 1. The Morgan fingerprint density at radius 1 is 1.40 bits per heavy atom. The second-order valence-corrected chi connectivity index (χ2v) is 8.24. The molecule has 1 aliphatic heterocycles. The average molecular weight is 377 g/mol. The Labute approximate surface area is 146 Å². The van der Waals surface area contributed by atoms with E-state index in [1.54, 1.807) is 12.1 Å². The molecule has 0 radical (unpaired) electrons. The quantitative estimate of drug-likeness (QED) is 0.793. The number of aryl methyl sites for hydroxylation is 1. The van der Waals surface area contributed by atoms with E-state index in [-0.39, 0.29) is 23.5 Å².